The minimum Gasteiger partial charge on any atom is -0.346 e. The Morgan fingerprint density at radius 3 is 2.63 bits per heavy atom. The van der Waals surface area contributed by atoms with Crippen LogP contribution in [0.3, 0.4) is 0 Å². The van der Waals surface area contributed by atoms with Crippen LogP contribution in [0.15, 0.2) is 0 Å². The van der Waals surface area contributed by atoms with Crippen LogP contribution in [0.2, 0.25) is 0 Å². The molecule has 2 saturated heterocycles. The SMILES string of the molecule is C[C@H]1CCCN(S(=O)(=O)N[C@@H]2CCN(C)C(=O)C2)C1. The number of carbonyl (C=O) groups excluding carboxylic acids is 1. The van der Waals surface area contributed by atoms with Gasteiger partial charge in [-0.3, -0.25) is 4.79 Å². The highest BCUT2D eigenvalue weighted by Gasteiger charge is 2.31. The lowest BCUT2D eigenvalue weighted by molar-refractivity contribution is -0.132. The molecule has 0 saturated carbocycles. The number of carbonyl (C=O) groups is 1. The lowest BCUT2D eigenvalue weighted by Gasteiger charge is -2.33. The second kappa shape index (κ2) is 5.76. The second-order valence-electron chi connectivity index (χ2n) is 5.73. The van der Waals surface area contributed by atoms with Crippen molar-refractivity contribution in [2.75, 3.05) is 26.7 Å². The molecule has 2 rings (SSSR count). The molecular weight excluding hydrogens is 266 g/mol. The van der Waals surface area contributed by atoms with Crippen LogP contribution in [0.25, 0.3) is 0 Å². The van der Waals surface area contributed by atoms with Gasteiger partial charge >= 0.3 is 0 Å². The van der Waals surface area contributed by atoms with Crippen molar-refractivity contribution in [3.05, 3.63) is 0 Å². The molecule has 2 aliphatic heterocycles. The van der Waals surface area contributed by atoms with Gasteiger partial charge < -0.3 is 4.90 Å². The Labute approximate surface area is 115 Å². The first kappa shape index (κ1) is 14.7. The van der Waals surface area contributed by atoms with E-state index in [1.165, 1.54) is 4.31 Å². The highest BCUT2D eigenvalue weighted by molar-refractivity contribution is 7.87. The monoisotopic (exact) mass is 289 g/mol. The topological polar surface area (TPSA) is 69.7 Å². The van der Waals surface area contributed by atoms with E-state index in [9.17, 15) is 13.2 Å². The quantitative estimate of drug-likeness (QED) is 0.805. The fourth-order valence-corrected chi connectivity index (χ4v) is 4.28. The molecule has 2 aliphatic rings. The standard InChI is InChI=1S/C12H23N3O3S/c1-10-4-3-6-15(9-10)19(17,18)13-11-5-7-14(2)12(16)8-11/h10-11,13H,3-9H2,1-2H3/t10-,11+/m0/s1. The zero-order chi connectivity index (χ0) is 14.0. The van der Waals surface area contributed by atoms with Crippen molar-refractivity contribution in [3.63, 3.8) is 0 Å². The summed E-state index contributed by atoms with van der Waals surface area (Å²) >= 11 is 0. The van der Waals surface area contributed by atoms with Gasteiger partial charge in [0.05, 0.1) is 0 Å². The van der Waals surface area contributed by atoms with E-state index < -0.39 is 10.2 Å². The molecule has 0 aromatic carbocycles. The zero-order valence-corrected chi connectivity index (χ0v) is 12.4. The van der Waals surface area contributed by atoms with Gasteiger partial charge in [0.1, 0.15) is 0 Å². The molecule has 1 amide bonds. The van der Waals surface area contributed by atoms with Gasteiger partial charge in [0, 0.05) is 39.1 Å². The highest BCUT2D eigenvalue weighted by Crippen LogP contribution is 2.19. The van der Waals surface area contributed by atoms with Gasteiger partial charge in [0.25, 0.3) is 10.2 Å². The molecule has 0 aliphatic carbocycles. The predicted octanol–water partition coefficient (Wildman–Crippen LogP) is 0.174. The lowest BCUT2D eigenvalue weighted by Crippen LogP contribution is -2.52. The summed E-state index contributed by atoms with van der Waals surface area (Å²) < 4.78 is 28.8. The van der Waals surface area contributed by atoms with Crippen molar-refractivity contribution in [2.24, 2.45) is 5.92 Å². The van der Waals surface area contributed by atoms with Gasteiger partial charge in [-0.1, -0.05) is 6.92 Å². The van der Waals surface area contributed by atoms with Gasteiger partial charge in [0.15, 0.2) is 0 Å². The lowest BCUT2D eigenvalue weighted by atomic mass is 10.0. The molecule has 0 spiro atoms. The van der Waals surface area contributed by atoms with Crippen LogP contribution in [0.4, 0.5) is 0 Å². The molecule has 2 atom stereocenters. The Bertz CT molecular complexity index is 438. The third-order valence-electron chi connectivity index (χ3n) is 3.94. The van der Waals surface area contributed by atoms with Gasteiger partial charge in [-0.25, -0.2) is 0 Å². The number of hydrogen-bond acceptors (Lipinski definition) is 3. The van der Waals surface area contributed by atoms with Crippen molar-refractivity contribution < 1.29 is 13.2 Å². The third-order valence-corrected chi connectivity index (χ3v) is 5.58. The van der Waals surface area contributed by atoms with Crippen molar-refractivity contribution >= 4 is 16.1 Å². The summed E-state index contributed by atoms with van der Waals surface area (Å²) in [4.78, 5) is 13.2. The summed E-state index contributed by atoms with van der Waals surface area (Å²) in [6, 6.07) is -0.258. The molecule has 0 aromatic rings. The number of amides is 1. The van der Waals surface area contributed by atoms with Gasteiger partial charge in [-0.05, 0) is 25.2 Å². The first-order valence-electron chi connectivity index (χ1n) is 6.90. The van der Waals surface area contributed by atoms with E-state index in [2.05, 4.69) is 11.6 Å². The first-order chi connectivity index (χ1) is 8.88. The maximum absolute atomic E-state index is 12.3. The molecule has 0 radical (unpaired) electrons. The second-order valence-corrected chi connectivity index (χ2v) is 7.44. The van der Waals surface area contributed by atoms with Crippen LogP contribution in [-0.2, 0) is 15.0 Å². The van der Waals surface area contributed by atoms with Crippen molar-refractivity contribution in [3.8, 4) is 0 Å². The summed E-state index contributed by atoms with van der Waals surface area (Å²) in [7, 11) is -1.69. The number of rotatable bonds is 3. The number of piperidine rings is 2. The van der Waals surface area contributed by atoms with E-state index in [0.29, 0.717) is 32.0 Å². The average Bonchev–Trinajstić information content (AvgIpc) is 2.33. The van der Waals surface area contributed by atoms with E-state index in [1.807, 2.05) is 0 Å². The molecule has 2 heterocycles. The minimum atomic E-state index is -3.44. The van der Waals surface area contributed by atoms with E-state index in [4.69, 9.17) is 0 Å². The molecule has 2 fully saturated rings. The van der Waals surface area contributed by atoms with Crippen LogP contribution >= 0.6 is 0 Å². The maximum Gasteiger partial charge on any atom is 0.279 e. The third kappa shape index (κ3) is 3.67. The fraction of sp³-hybridized carbons (Fsp3) is 0.917. The van der Waals surface area contributed by atoms with E-state index in [1.54, 1.807) is 11.9 Å². The van der Waals surface area contributed by atoms with Gasteiger partial charge in [-0.2, -0.15) is 17.4 Å². The van der Waals surface area contributed by atoms with Crippen LogP contribution in [0.1, 0.15) is 32.6 Å². The summed E-state index contributed by atoms with van der Waals surface area (Å²) in [5, 5.41) is 0. The predicted molar refractivity (Wildman–Crippen MR) is 72.7 cm³/mol. The summed E-state index contributed by atoms with van der Waals surface area (Å²) in [6.07, 6.45) is 2.94. The Kier molecular flexibility index (Phi) is 4.47. The van der Waals surface area contributed by atoms with E-state index >= 15 is 0 Å². The summed E-state index contributed by atoms with van der Waals surface area (Å²) in [6.45, 7) is 3.85. The Morgan fingerprint density at radius 1 is 1.26 bits per heavy atom. The zero-order valence-electron chi connectivity index (χ0n) is 11.6. The molecular formula is C12H23N3O3S. The molecule has 7 heteroatoms. The molecule has 0 unspecified atom stereocenters. The molecule has 1 N–H and O–H groups in total. The van der Waals surface area contributed by atoms with Crippen LogP contribution < -0.4 is 4.72 Å². The normalized spacial score (nSPS) is 30.6. The largest absolute Gasteiger partial charge is 0.346 e. The first-order valence-corrected chi connectivity index (χ1v) is 8.34. The molecule has 110 valence electrons. The fourth-order valence-electron chi connectivity index (χ4n) is 2.69. The van der Waals surface area contributed by atoms with Crippen LogP contribution in [0, 0.1) is 5.92 Å². The van der Waals surface area contributed by atoms with E-state index in [-0.39, 0.29) is 18.4 Å². The average molecular weight is 289 g/mol. The maximum atomic E-state index is 12.3. The van der Waals surface area contributed by atoms with Gasteiger partial charge in [0.2, 0.25) is 5.91 Å². The smallest absolute Gasteiger partial charge is 0.279 e. The Morgan fingerprint density at radius 2 is 2.00 bits per heavy atom. The van der Waals surface area contributed by atoms with Crippen molar-refractivity contribution in [1.29, 1.82) is 0 Å². The van der Waals surface area contributed by atoms with Crippen molar-refractivity contribution in [2.45, 2.75) is 38.6 Å². The van der Waals surface area contributed by atoms with E-state index in [0.717, 1.165) is 12.8 Å². The van der Waals surface area contributed by atoms with Crippen LogP contribution in [0.5, 0.6) is 0 Å². The van der Waals surface area contributed by atoms with Crippen LogP contribution in [-0.4, -0.2) is 56.3 Å². The molecule has 19 heavy (non-hydrogen) atoms. The molecule has 0 aromatic heterocycles. The Hall–Kier alpha value is -0.660. The number of nitrogens with one attached hydrogen (secondary N) is 1. The minimum absolute atomic E-state index is 0.00552. The number of likely N-dealkylation sites (tertiary alicyclic amines) is 1. The van der Waals surface area contributed by atoms with Crippen molar-refractivity contribution in [1.82, 2.24) is 13.9 Å². The molecule has 0 bridgehead atoms. The summed E-state index contributed by atoms with van der Waals surface area (Å²) in [5.74, 6) is 0.412. The summed E-state index contributed by atoms with van der Waals surface area (Å²) in [5.41, 5.74) is 0. The molecule has 6 nitrogen and oxygen atoms in total. The number of hydrogen-bond donors (Lipinski definition) is 1. The highest BCUT2D eigenvalue weighted by atomic mass is 32.2. The Balaban J connectivity index is 1.95. The number of nitrogens with zero attached hydrogens (tertiary/aromatic N) is 2. The van der Waals surface area contributed by atoms with Gasteiger partial charge in [-0.15, -0.1) is 0 Å².